The quantitative estimate of drug-likeness (QED) is 0.456. The molecule has 1 heterocycles. The molecule has 0 radical (unpaired) electrons. The third-order valence-electron chi connectivity index (χ3n) is 4.87. The Hall–Kier alpha value is -0.266. The highest BCUT2D eigenvalue weighted by molar-refractivity contribution is 8.56. The molecule has 0 nitrogen and oxygen atoms in total. The minimum absolute atomic E-state index is 0.0208. The van der Waals surface area contributed by atoms with Crippen molar-refractivity contribution < 1.29 is 0 Å². The van der Waals surface area contributed by atoms with Crippen molar-refractivity contribution in [1.82, 2.24) is 0 Å². The minimum atomic E-state index is -1.28. The molecule has 122 valence electrons. The molecule has 1 aliphatic heterocycles. The molecule has 1 fully saturated rings. The Morgan fingerprint density at radius 3 is 1.13 bits per heavy atom. The molecule has 0 saturated carbocycles. The van der Waals surface area contributed by atoms with Gasteiger partial charge in [-0.05, 0) is 25.8 Å². The number of benzene rings is 2. The molecular formula is C19H28P2Si2. The fourth-order valence-corrected chi connectivity index (χ4v) is 46.1. The van der Waals surface area contributed by atoms with Gasteiger partial charge in [-0.1, -0.05) is 99.9 Å². The van der Waals surface area contributed by atoms with Crippen molar-refractivity contribution in [2.75, 3.05) is 0 Å². The molecule has 4 heteroatoms. The summed E-state index contributed by atoms with van der Waals surface area (Å²) >= 11 is 0. The zero-order chi connectivity index (χ0) is 16.9. The number of hydrogen-bond donors (Lipinski definition) is 0. The minimum Gasteiger partial charge on any atom is -0.0687 e. The summed E-state index contributed by atoms with van der Waals surface area (Å²) in [5.74, 6) is 0. The fourth-order valence-electron chi connectivity index (χ4n) is 4.36. The molecule has 0 amide bonds. The second-order valence-corrected chi connectivity index (χ2v) is 27.5. The first-order valence-corrected chi connectivity index (χ1v) is 18.8. The summed E-state index contributed by atoms with van der Waals surface area (Å²) in [5.41, 5.74) is 0. The average Bonchev–Trinajstić information content (AvgIpc) is 3.20. The van der Waals surface area contributed by atoms with Gasteiger partial charge in [0.25, 0.3) is 0 Å². The van der Waals surface area contributed by atoms with Gasteiger partial charge in [0, 0.05) is 4.14 Å². The van der Waals surface area contributed by atoms with Crippen LogP contribution in [0.5, 0.6) is 0 Å². The maximum atomic E-state index is 2.63. The van der Waals surface area contributed by atoms with Crippen LogP contribution in [-0.2, 0) is 0 Å². The van der Waals surface area contributed by atoms with Crippen molar-refractivity contribution in [2.24, 2.45) is 0 Å². The summed E-state index contributed by atoms with van der Waals surface area (Å²) in [6, 6.07) is 22.9. The predicted molar refractivity (Wildman–Crippen MR) is 115 cm³/mol. The molecule has 0 aliphatic carbocycles. The van der Waals surface area contributed by atoms with Gasteiger partial charge in [0.2, 0.25) is 0 Å². The van der Waals surface area contributed by atoms with Gasteiger partial charge >= 0.3 is 0 Å². The molecule has 0 spiro atoms. The second-order valence-electron chi connectivity index (χ2n) is 8.47. The number of rotatable bonds is 4. The van der Waals surface area contributed by atoms with Crippen molar-refractivity contribution in [2.45, 2.75) is 43.4 Å². The van der Waals surface area contributed by atoms with Gasteiger partial charge in [0.15, 0.2) is 0 Å². The average molecular weight is 375 g/mol. The van der Waals surface area contributed by atoms with Gasteiger partial charge in [0.05, 0.1) is 16.1 Å². The lowest BCUT2D eigenvalue weighted by Crippen LogP contribution is -2.56. The van der Waals surface area contributed by atoms with Crippen LogP contribution in [0.25, 0.3) is 0 Å². The Balaban J connectivity index is 2.19. The van der Waals surface area contributed by atoms with Crippen LogP contribution in [0.15, 0.2) is 60.7 Å². The molecule has 0 aromatic heterocycles. The molecule has 1 aliphatic rings. The summed E-state index contributed by atoms with van der Waals surface area (Å²) in [6.45, 7) is 15.8. The molecule has 1 saturated heterocycles. The Morgan fingerprint density at radius 1 is 0.565 bits per heavy atom. The summed E-state index contributed by atoms with van der Waals surface area (Å²) in [7, 11) is -2.60. The fraction of sp³-hybridized carbons (Fsp3) is 0.368. The highest BCUT2D eigenvalue weighted by atomic mass is 32.1. The van der Waals surface area contributed by atoms with Gasteiger partial charge in [-0.15, -0.1) is 0 Å². The van der Waals surface area contributed by atoms with Crippen LogP contribution in [-0.4, -0.2) is 20.3 Å². The lowest BCUT2D eigenvalue weighted by atomic mass is 10.4. The van der Waals surface area contributed by atoms with E-state index in [2.05, 4.69) is 99.9 Å². The van der Waals surface area contributed by atoms with Crippen molar-refractivity contribution >= 4 is 42.0 Å². The summed E-state index contributed by atoms with van der Waals surface area (Å²) < 4.78 is 0.674. The van der Waals surface area contributed by atoms with E-state index in [1.54, 1.807) is 10.6 Å². The van der Waals surface area contributed by atoms with Crippen LogP contribution in [0, 0.1) is 0 Å². The third-order valence-corrected chi connectivity index (χ3v) is 34.3. The maximum absolute atomic E-state index is 2.63. The van der Waals surface area contributed by atoms with E-state index in [9.17, 15) is 0 Å². The van der Waals surface area contributed by atoms with Crippen molar-refractivity contribution in [3.8, 4) is 0 Å². The van der Waals surface area contributed by atoms with E-state index in [4.69, 9.17) is 0 Å². The van der Waals surface area contributed by atoms with Crippen LogP contribution in [0.3, 0.4) is 0 Å². The Morgan fingerprint density at radius 2 is 0.870 bits per heavy atom. The van der Waals surface area contributed by atoms with Gasteiger partial charge < -0.3 is 0 Å². The summed E-state index contributed by atoms with van der Waals surface area (Å²) in [4.78, 5) is 0. The van der Waals surface area contributed by atoms with Crippen LogP contribution in [0.1, 0.15) is 0 Å². The second kappa shape index (κ2) is 5.92. The van der Waals surface area contributed by atoms with Crippen molar-refractivity contribution in [1.29, 1.82) is 0 Å². The lowest BCUT2D eigenvalue weighted by molar-refractivity contribution is 1.41. The largest absolute Gasteiger partial charge is 0.0687 e. The van der Waals surface area contributed by atoms with Gasteiger partial charge in [0.1, 0.15) is 0 Å². The van der Waals surface area contributed by atoms with Crippen LogP contribution >= 0.6 is 15.2 Å². The molecule has 2 aromatic rings. The van der Waals surface area contributed by atoms with E-state index in [0.717, 1.165) is 0 Å². The lowest BCUT2D eigenvalue weighted by Gasteiger charge is -2.40. The third kappa shape index (κ3) is 2.72. The first-order valence-electron chi connectivity index (χ1n) is 8.42. The topological polar surface area (TPSA) is 0 Å². The normalized spacial score (nSPS) is 23.6. The van der Waals surface area contributed by atoms with Gasteiger partial charge in [-0.25, -0.2) is 0 Å². The van der Waals surface area contributed by atoms with E-state index in [1.165, 1.54) is 0 Å². The standard InChI is InChI=1S/C19H28P2Si2/c1-22(2,3)19(23(4,5)6)20(17-13-9-7-10-14-17)21(19)18-15-11-8-12-16-18/h7-16H,1-6H3/t20-,21+. The maximum Gasteiger partial charge on any atom is 0.0592 e. The molecular weight excluding hydrogens is 346 g/mol. The predicted octanol–water partition coefficient (Wildman–Crippen LogP) is 5.98. The van der Waals surface area contributed by atoms with Gasteiger partial charge in [-0.3, -0.25) is 0 Å². The summed E-state index contributed by atoms with van der Waals surface area (Å²) in [6.07, 6.45) is 0. The first kappa shape index (κ1) is 17.6. The summed E-state index contributed by atoms with van der Waals surface area (Å²) in [5, 5.41) is 3.31. The molecule has 2 aromatic carbocycles. The van der Waals surface area contributed by atoms with Crippen LogP contribution < -0.4 is 10.6 Å². The zero-order valence-electron chi connectivity index (χ0n) is 15.2. The molecule has 23 heavy (non-hydrogen) atoms. The Labute approximate surface area is 146 Å². The molecule has 0 bridgehead atoms. The molecule has 0 N–H and O–H groups in total. The molecule has 0 unspecified atom stereocenters. The first-order chi connectivity index (χ1) is 10.7. The Bertz CT molecular complexity index is 611. The van der Waals surface area contributed by atoms with E-state index in [0.29, 0.717) is 4.14 Å². The monoisotopic (exact) mass is 374 g/mol. The SMILES string of the molecule is C[Si](C)(C)C1([Si](C)(C)C)[P@](c2ccccc2)[P@]1c1ccccc1. The highest BCUT2D eigenvalue weighted by Gasteiger charge is 2.75. The van der Waals surface area contributed by atoms with E-state index in [1.807, 2.05) is 0 Å². The highest BCUT2D eigenvalue weighted by Crippen LogP contribution is 3.03. The van der Waals surface area contributed by atoms with Crippen LogP contribution in [0.2, 0.25) is 39.3 Å². The van der Waals surface area contributed by atoms with Gasteiger partial charge in [-0.2, -0.15) is 0 Å². The van der Waals surface area contributed by atoms with Crippen molar-refractivity contribution in [3.63, 3.8) is 0 Å². The number of hydrogen-bond acceptors (Lipinski definition) is 0. The zero-order valence-corrected chi connectivity index (χ0v) is 19.0. The van der Waals surface area contributed by atoms with E-state index >= 15 is 0 Å². The van der Waals surface area contributed by atoms with Crippen LogP contribution in [0.4, 0.5) is 0 Å². The van der Waals surface area contributed by atoms with E-state index < -0.39 is 16.1 Å². The van der Waals surface area contributed by atoms with E-state index in [-0.39, 0.29) is 15.2 Å². The molecule has 3 rings (SSSR count). The molecule has 2 atom stereocenters. The Kier molecular flexibility index (Phi) is 4.52. The smallest absolute Gasteiger partial charge is 0.0592 e. The van der Waals surface area contributed by atoms with Crippen molar-refractivity contribution in [3.05, 3.63) is 60.7 Å².